The lowest BCUT2D eigenvalue weighted by atomic mass is 9.99. The van der Waals surface area contributed by atoms with E-state index in [2.05, 4.69) is 35.2 Å². The molecule has 1 aromatic rings. The first kappa shape index (κ1) is 9.72. The van der Waals surface area contributed by atoms with Crippen LogP contribution in [0, 0.1) is 16.7 Å². The molecule has 0 radical (unpaired) electrons. The van der Waals surface area contributed by atoms with Gasteiger partial charge in [0, 0.05) is 18.8 Å². The number of nitrogens with zero attached hydrogens (tertiary/aromatic N) is 2. The molecular weight excluding hydrogens is 196 g/mol. The second kappa shape index (κ2) is 3.52. The maximum atomic E-state index is 9.16. The van der Waals surface area contributed by atoms with Gasteiger partial charge in [-0.2, -0.15) is 5.26 Å². The van der Waals surface area contributed by atoms with E-state index in [1.54, 1.807) is 0 Å². The van der Waals surface area contributed by atoms with Gasteiger partial charge in [0.05, 0.1) is 11.5 Å². The summed E-state index contributed by atoms with van der Waals surface area (Å²) in [6.07, 6.45) is 4.58. The topological polar surface area (TPSA) is 27.0 Å². The predicted molar refractivity (Wildman–Crippen MR) is 64.3 cm³/mol. The molecule has 3 rings (SSSR count). The molecule has 1 aliphatic heterocycles. The summed E-state index contributed by atoms with van der Waals surface area (Å²) < 4.78 is 0. The number of para-hydroxylation sites is 1. The minimum atomic E-state index is -0.0234. The summed E-state index contributed by atoms with van der Waals surface area (Å²) in [6.45, 7) is 2.04. The number of benzene rings is 1. The normalized spacial score (nSPS) is 21.1. The molecule has 16 heavy (non-hydrogen) atoms. The summed E-state index contributed by atoms with van der Waals surface area (Å²) in [7, 11) is 0. The van der Waals surface area contributed by atoms with Crippen molar-refractivity contribution in [1.29, 1.82) is 5.26 Å². The number of anilines is 1. The molecule has 0 saturated heterocycles. The second-order valence-corrected chi connectivity index (χ2v) is 5.05. The smallest absolute Gasteiger partial charge is 0.0749 e. The fraction of sp³-hybridized carbons (Fsp3) is 0.500. The molecule has 2 nitrogen and oxygen atoms in total. The zero-order chi connectivity index (χ0) is 11.0. The van der Waals surface area contributed by atoms with Crippen molar-refractivity contribution < 1.29 is 0 Å². The third-order valence-electron chi connectivity index (χ3n) is 3.79. The molecular formula is C14H16N2. The van der Waals surface area contributed by atoms with E-state index in [1.165, 1.54) is 24.1 Å². The molecule has 1 saturated carbocycles. The highest BCUT2D eigenvalue weighted by atomic mass is 15.1. The fourth-order valence-electron chi connectivity index (χ4n) is 2.60. The lowest BCUT2D eigenvalue weighted by Crippen LogP contribution is -2.34. The van der Waals surface area contributed by atoms with Gasteiger partial charge in [0.2, 0.25) is 0 Å². The van der Waals surface area contributed by atoms with Gasteiger partial charge in [0.15, 0.2) is 0 Å². The van der Waals surface area contributed by atoms with E-state index in [0.717, 1.165) is 25.9 Å². The third-order valence-corrected chi connectivity index (χ3v) is 3.79. The monoisotopic (exact) mass is 212 g/mol. The molecule has 1 heterocycles. The summed E-state index contributed by atoms with van der Waals surface area (Å²) in [6, 6.07) is 11.1. The lowest BCUT2D eigenvalue weighted by molar-refractivity contribution is 0.591. The Balaban J connectivity index is 1.85. The first-order valence-corrected chi connectivity index (χ1v) is 6.07. The van der Waals surface area contributed by atoms with Crippen molar-refractivity contribution in [3.63, 3.8) is 0 Å². The van der Waals surface area contributed by atoms with Crippen molar-refractivity contribution in [3.05, 3.63) is 29.8 Å². The Morgan fingerprint density at radius 3 is 2.88 bits per heavy atom. The Morgan fingerprint density at radius 2 is 2.12 bits per heavy atom. The first-order valence-electron chi connectivity index (χ1n) is 6.07. The maximum Gasteiger partial charge on any atom is 0.0749 e. The van der Waals surface area contributed by atoms with Crippen LogP contribution in [0.4, 0.5) is 5.69 Å². The molecule has 0 unspecified atom stereocenters. The van der Waals surface area contributed by atoms with Gasteiger partial charge in [0.25, 0.3) is 0 Å². The van der Waals surface area contributed by atoms with Crippen LogP contribution in [0.25, 0.3) is 0 Å². The summed E-state index contributed by atoms with van der Waals surface area (Å²) in [5, 5.41) is 9.16. The Hall–Kier alpha value is -1.49. The molecule has 0 aromatic heterocycles. The average molecular weight is 212 g/mol. The van der Waals surface area contributed by atoms with Crippen LogP contribution >= 0.6 is 0 Å². The zero-order valence-corrected chi connectivity index (χ0v) is 9.45. The standard InChI is InChI=1S/C14H16N2/c15-10-14(7-8-14)11-16-9-3-5-12-4-1-2-6-13(12)16/h1-2,4,6H,3,5,7-9,11H2. The highest BCUT2D eigenvalue weighted by Gasteiger charge is 2.44. The molecule has 1 fully saturated rings. The number of nitriles is 1. The lowest BCUT2D eigenvalue weighted by Gasteiger charge is -2.32. The molecule has 0 bridgehead atoms. The van der Waals surface area contributed by atoms with Gasteiger partial charge in [-0.3, -0.25) is 0 Å². The zero-order valence-electron chi connectivity index (χ0n) is 9.45. The van der Waals surface area contributed by atoms with E-state index in [4.69, 9.17) is 5.26 Å². The van der Waals surface area contributed by atoms with Gasteiger partial charge < -0.3 is 4.90 Å². The molecule has 0 amide bonds. The van der Waals surface area contributed by atoms with Crippen LogP contribution in [-0.2, 0) is 6.42 Å². The number of hydrogen-bond donors (Lipinski definition) is 0. The van der Waals surface area contributed by atoms with Crippen LogP contribution in [0.3, 0.4) is 0 Å². The highest BCUT2D eigenvalue weighted by Crippen LogP contribution is 2.46. The van der Waals surface area contributed by atoms with E-state index in [0.29, 0.717) is 0 Å². The van der Waals surface area contributed by atoms with Crippen molar-refractivity contribution in [2.45, 2.75) is 25.7 Å². The second-order valence-electron chi connectivity index (χ2n) is 5.05. The fourth-order valence-corrected chi connectivity index (χ4v) is 2.60. The van der Waals surface area contributed by atoms with Crippen LogP contribution < -0.4 is 4.90 Å². The van der Waals surface area contributed by atoms with E-state index < -0.39 is 0 Å². The Labute approximate surface area is 96.5 Å². The van der Waals surface area contributed by atoms with Crippen LogP contribution in [0.5, 0.6) is 0 Å². The van der Waals surface area contributed by atoms with Gasteiger partial charge in [-0.05, 0) is 37.3 Å². The third kappa shape index (κ3) is 1.57. The number of aryl methyl sites for hydroxylation is 1. The van der Waals surface area contributed by atoms with E-state index >= 15 is 0 Å². The Bertz CT molecular complexity index is 440. The van der Waals surface area contributed by atoms with Crippen molar-refractivity contribution in [2.75, 3.05) is 18.0 Å². The predicted octanol–water partition coefficient (Wildman–Crippen LogP) is 2.74. The number of rotatable bonds is 2. The van der Waals surface area contributed by atoms with Crippen LogP contribution in [0.1, 0.15) is 24.8 Å². The van der Waals surface area contributed by atoms with Crippen molar-refractivity contribution in [3.8, 4) is 6.07 Å². The molecule has 2 heteroatoms. The number of hydrogen-bond acceptors (Lipinski definition) is 2. The Morgan fingerprint density at radius 1 is 1.31 bits per heavy atom. The molecule has 1 aliphatic carbocycles. The molecule has 0 atom stereocenters. The van der Waals surface area contributed by atoms with Crippen LogP contribution in [0.2, 0.25) is 0 Å². The maximum absolute atomic E-state index is 9.16. The van der Waals surface area contributed by atoms with Gasteiger partial charge in [-0.15, -0.1) is 0 Å². The molecule has 0 N–H and O–H groups in total. The summed E-state index contributed by atoms with van der Waals surface area (Å²) in [4.78, 5) is 2.41. The van der Waals surface area contributed by atoms with Crippen molar-refractivity contribution in [1.82, 2.24) is 0 Å². The van der Waals surface area contributed by atoms with Crippen LogP contribution in [0.15, 0.2) is 24.3 Å². The SMILES string of the molecule is N#CC1(CN2CCCc3ccccc32)CC1. The van der Waals surface area contributed by atoms with Crippen molar-refractivity contribution >= 4 is 5.69 Å². The largest absolute Gasteiger partial charge is 0.370 e. The summed E-state index contributed by atoms with van der Waals surface area (Å²) >= 11 is 0. The number of fused-ring (bicyclic) bond motifs is 1. The van der Waals surface area contributed by atoms with Crippen LogP contribution in [-0.4, -0.2) is 13.1 Å². The molecule has 2 aliphatic rings. The van der Waals surface area contributed by atoms with E-state index in [9.17, 15) is 0 Å². The van der Waals surface area contributed by atoms with Gasteiger partial charge >= 0.3 is 0 Å². The van der Waals surface area contributed by atoms with Gasteiger partial charge in [-0.25, -0.2) is 0 Å². The van der Waals surface area contributed by atoms with Gasteiger partial charge in [0.1, 0.15) is 0 Å². The Kier molecular flexibility index (Phi) is 2.14. The average Bonchev–Trinajstić information content (AvgIpc) is 3.10. The highest BCUT2D eigenvalue weighted by molar-refractivity contribution is 5.56. The molecule has 82 valence electrons. The van der Waals surface area contributed by atoms with Gasteiger partial charge in [-0.1, -0.05) is 18.2 Å². The summed E-state index contributed by atoms with van der Waals surface area (Å²) in [5.74, 6) is 0. The minimum Gasteiger partial charge on any atom is -0.370 e. The van der Waals surface area contributed by atoms with Crippen molar-refractivity contribution in [2.24, 2.45) is 5.41 Å². The van der Waals surface area contributed by atoms with E-state index in [-0.39, 0.29) is 5.41 Å². The molecule has 1 aromatic carbocycles. The quantitative estimate of drug-likeness (QED) is 0.753. The van der Waals surface area contributed by atoms with E-state index in [1.807, 2.05) is 0 Å². The minimum absolute atomic E-state index is 0.0234. The molecule has 0 spiro atoms. The first-order chi connectivity index (χ1) is 7.83. The summed E-state index contributed by atoms with van der Waals surface area (Å²) in [5.41, 5.74) is 2.78.